The number of oxime groups is 1. The fraction of sp³-hybridized carbons (Fsp3) is 0.444. The van der Waals surface area contributed by atoms with E-state index in [2.05, 4.69) is 10.1 Å². The van der Waals surface area contributed by atoms with Crippen LogP contribution in [0.4, 0.5) is 0 Å². The molecule has 0 bridgehead atoms. The molecule has 0 spiro atoms. The topological polar surface area (TPSA) is 93.5 Å². The Morgan fingerprint density at radius 1 is 1.67 bits per heavy atom. The largest absolute Gasteiger partial charge is 0.409 e. The van der Waals surface area contributed by atoms with Crippen molar-refractivity contribution in [1.82, 2.24) is 9.55 Å². The van der Waals surface area contributed by atoms with Crippen molar-refractivity contribution < 1.29 is 5.21 Å². The van der Waals surface area contributed by atoms with E-state index in [1.54, 1.807) is 6.92 Å². The molecule has 0 saturated carbocycles. The summed E-state index contributed by atoms with van der Waals surface area (Å²) in [6, 6.07) is -0.0172. The molecule has 1 aromatic heterocycles. The highest BCUT2D eigenvalue weighted by atomic mass is 16.4. The molecule has 1 aromatic rings. The second-order valence-electron chi connectivity index (χ2n) is 3.47. The van der Waals surface area contributed by atoms with Gasteiger partial charge in [-0.15, -0.1) is 0 Å². The first-order valence-electron chi connectivity index (χ1n) is 4.55. The minimum absolute atomic E-state index is 0.0172. The zero-order chi connectivity index (χ0) is 11.6. The van der Waals surface area contributed by atoms with Gasteiger partial charge in [-0.25, -0.2) is 4.98 Å². The lowest BCUT2D eigenvalue weighted by molar-refractivity contribution is 0.318. The zero-order valence-electron chi connectivity index (χ0n) is 8.93. The van der Waals surface area contributed by atoms with Crippen molar-refractivity contribution in [2.45, 2.75) is 26.8 Å². The first-order chi connectivity index (χ1) is 6.99. The van der Waals surface area contributed by atoms with Crippen molar-refractivity contribution in [2.24, 2.45) is 10.9 Å². The van der Waals surface area contributed by atoms with E-state index < -0.39 is 0 Å². The van der Waals surface area contributed by atoms with Crippen molar-refractivity contribution in [3.8, 4) is 0 Å². The van der Waals surface area contributed by atoms with Gasteiger partial charge in [-0.3, -0.25) is 9.36 Å². The molecule has 0 saturated heterocycles. The van der Waals surface area contributed by atoms with Crippen LogP contribution in [0.15, 0.2) is 16.1 Å². The van der Waals surface area contributed by atoms with Crippen LogP contribution in [-0.2, 0) is 0 Å². The molecule has 82 valence electrons. The highest BCUT2D eigenvalue weighted by Gasteiger charge is 2.12. The quantitative estimate of drug-likeness (QED) is 0.316. The van der Waals surface area contributed by atoms with Gasteiger partial charge in [0.1, 0.15) is 11.4 Å². The van der Waals surface area contributed by atoms with Gasteiger partial charge in [-0.05, 0) is 20.8 Å². The van der Waals surface area contributed by atoms with Gasteiger partial charge in [0.15, 0.2) is 5.84 Å². The molecule has 15 heavy (non-hydrogen) atoms. The summed E-state index contributed by atoms with van der Waals surface area (Å²) in [6.07, 6.45) is 1.31. The van der Waals surface area contributed by atoms with Gasteiger partial charge in [0, 0.05) is 12.2 Å². The Bertz CT molecular complexity index is 448. The van der Waals surface area contributed by atoms with E-state index in [-0.39, 0.29) is 23.0 Å². The summed E-state index contributed by atoms with van der Waals surface area (Å²) < 4.78 is 1.49. The van der Waals surface area contributed by atoms with Gasteiger partial charge in [-0.1, -0.05) is 5.16 Å². The standard InChI is InChI=1S/C9H14N4O2/c1-5(2)13-6(3)11-4-7(9(13)14)8(10)12-15/h4-5,15H,1-3H3,(H2,10,12). The van der Waals surface area contributed by atoms with Crippen molar-refractivity contribution in [1.29, 1.82) is 0 Å². The number of nitrogens with zero attached hydrogens (tertiary/aromatic N) is 3. The van der Waals surface area contributed by atoms with Crippen molar-refractivity contribution >= 4 is 5.84 Å². The maximum Gasteiger partial charge on any atom is 0.264 e. The molecule has 0 aliphatic heterocycles. The molecule has 0 radical (unpaired) electrons. The molecule has 0 amide bonds. The van der Waals surface area contributed by atoms with Gasteiger partial charge < -0.3 is 10.9 Å². The Morgan fingerprint density at radius 3 is 2.73 bits per heavy atom. The molecule has 0 aliphatic carbocycles. The molecule has 0 atom stereocenters. The van der Waals surface area contributed by atoms with Crippen molar-refractivity contribution in [3.63, 3.8) is 0 Å². The highest BCUT2D eigenvalue weighted by Crippen LogP contribution is 2.03. The fourth-order valence-corrected chi connectivity index (χ4v) is 1.39. The molecule has 6 nitrogen and oxygen atoms in total. The third-order valence-corrected chi connectivity index (χ3v) is 2.08. The average Bonchev–Trinajstić information content (AvgIpc) is 2.16. The number of amidine groups is 1. The Morgan fingerprint density at radius 2 is 2.27 bits per heavy atom. The van der Waals surface area contributed by atoms with Crippen LogP contribution in [0.3, 0.4) is 0 Å². The summed E-state index contributed by atoms with van der Waals surface area (Å²) in [4.78, 5) is 15.9. The summed E-state index contributed by atoms with van der Waals surface area (Å²) in [5.74, 6) is 0.381. The van der Waals surface area contributed by atoms with Gasteiger partial charge in [-0.2, -0.15) is 0 Å². The third-order valence-electron chi connectivity index (χ3n) is 2.08. The minimum Gasteiger partial charge on any atom is -0.409 e. The summed E-state index contributed by atoms with van der Waals surface area (Å²) in [5, 5.41) is 11.3. The van der Waals surface area contributed by atoms with E-state index in [4.69, 9.17) is 10.9 Å². The smallest absolute Gasteiger partial charge is 0.264 e. The van der Waals surface area contributed by atoms with Crippen LogP contribution >= 0.6 is 0 Å². The molecule has 6 heteroatoms. The minimum atomic E-state index is -0.298. The van der Waals surface area contributed by atoms with Crippen LogP contribution in [0.25, 0.3) is 0 Å². The van der Waals surface area contributed by atoms with Gasteiger partial charge in [0.05, 0.1) is 0 Å². The van der Waals surface area contributed by atoms with E-state index in [0.717, 1.165) is 0 Å². The third kappa shape index (κ3) is 1.98. The monoisotopic (exact) mass is 210 g/mol. The second-order valence-corrected chi connectivity index (χ2v) is 3.47. The van der Waals surface area contributed by atoms with Crippen LogP contribution in [0.1, 0.15) is 31.3 Å². The van der Waals surface area contributed by atoms with Crippen molar-refractivity contribution in [2.75, 3.05) is 0 Å². The number of nitrogens with two attached hydrogens (primary N) is 1. The maximum absolute atomic E-state index is 11.9. The predicted octanol–water partition coefficient (Wildman–Crippen LogP) is 0.227. The van der Waals surface area contributed by atoms with E-state index in [9.17, 15) is 4.79 Å². The molecule has 1 heterocycles. The lowest BCUT2D eigenvalue weighted by atomic mass is 10.2. The van der Waals surface area contributed by atoms with Crippen LogP contribution < -0.4 is 11.3 Å². The van der Waals surface area contributed by atoms with Crippen LogP contribution in [0.5, 0.6) is 0 Å². The number of aryl methyl sites for hydroxylation is 1. The summed E-state index contributed by atoms with van der Waals surface area (Å²) in [7, 11) is 0. The molecule has 0 unspecified atom stereocenters. The zero-order valence-corrected chi connectivity index (χ0v) is 8.93. The molecule has 0 aliphatic rings. The summed E-state index contributed by atoms with van der Waals surface area (Å²) in [6.45, 7) is 5.47. The molecule has 0 aromatic carbocycles. The number of aromatic nitrogens is 2. The molecule has 0 fully saturated rings. The fourth-order valence-electron chi connectivity index (χ4n) is 1.39. The molecule has 1 rings (SSSR count). The molecule has 3 N–H and O–H groups in total. The lowest BCUT2D eigenvalue weighted by Crippen LogP contribution is -2.33. The maximum atomic E-state index is 11.9. The molecular weight excluding hydrogens is 196 g/mol. The van der Waals surface area contributed by atoms with Crippen LogP contribution in [-0.4, -0.2) is 20.6 Å². The van der Waals surface area contributed by atoms with Crippen LogP contribution in [0.2, 0.25) is 0 Å². The van der Waals surface area contributed by atoms with E-state index in [1.165, 1.54) is 10.8 Å². The Balaban J connectivity index is 3.49. The van der Waals surface area contributed by atoms with Crippen LogP contribution in [0, 0.1) is 6.92 Å². The van der Waals surface area contributed by atoms with E-state index in [0.29, 0.717) is 5.82 Å². The average molecular weight is 210 g/mol. The molecular formula is C9H14N4O2. The summed E-state index contributed by atoms with van der Waals surface area (Å²) in [5.41, 5.74) is 5.17. The van der Waals surface area contributed by atoms with Gasteiger partial charge in [0.2, 0.25) is 0 Å². The van der Waals surface area contributed by atoms with E-state index >= 15 is 0 Å². The predicted molar refractivity (Wildman–Crippen MR) is 56.1 cm³/mol. The van der Waals surface area contributed by atoms with Gasteiger partial charge in [0.25, 0.3) is 5.56 Å². The Kier molecular flexibility index (Phi) is 3.08. The lowest BCUT2D eigenvalue weighted by Gasteiger charge is -2.13. The number of hydrogen-bond acceptors (Lipinski definition) is 4. The highest BCUT2D eigenvalue weighted by molar-refractivity contribution is 5.96. The Hall–Kier alpha value is -1.85. The number of hydrogen-bond donors (Lipinski definition) is 2. The first-order valence-corrected chi connectivity index (χ1v) is 4.55. The second kappa shape index (κ2) is 4.12. The summed E-state index contributed by atoms with van der Waals surface area (Å²) >= 11 is 0. The first kappa shape index (κ1) is 11.2. The number of rotatable bonds is 2. The van der Waals surface area contributed by atoms with Gasteiger partial charge >= 0.3 is 0 Å². The van der Waals surface area contributed by atoms with E-state index in [1.807, 2.05) is 13.8 Å². The SMILES string of the molecule is Cc1ncc(/C(N)=N\O)c(=O)n1C(C)C. The normalized spacial score (nSPS) is 12.1. The van der Waals surface area contributed by atoms with Crippen molar-refractivity contribution in [3.05, 3.63) is 27.9 Å². The Labute approximate surface area is 87.1 Å².